The molecule has 2 heteroatoms. The van der Waals surface area contributed by atoms with Crippen LogP contribution in [-0.4, -0.2) is 4.57 Å². The van der Waals surface area contributed by atoms with E-state index in [9.17, 15) is 0 Å². The van der Waals surface area contributed by atoms with Crippen LogP contribution in [-0.2, 0) is 6.42 Å². The average molecular weight is 598 g/mol. The smallest absolute Gasteiger partial charge is 0.198 e. The fraction of sp³-hybridized carbons (Fsp3) is 0.372. The van der Waals surface area contributed by atoms with Crippen molar-refractivity contribution in [1.82, 2.24) is 4.57 Å². The van der Waals surface area contributed by atoms with Gasteiger partial charge in [0.2, 0.25) is 0 Å². The van der Waals surface area contributed by atoms with Gasteiger partial charge in [0.05, 0.1) is 5.92 Å². The first-order chi connectivity index (χ1) is 21.5. The first-order valence-corrected chi connectivity index (χ1v) is 17.0. The maximum absolute atomic E-state index is 2.56. The molecule has 0 radical (unpaired) electrons. The van der Waals surface area contributed by atoms with Crippen LogP contribution in [0.15, 0.2) is 97.3 Å². The number of benzene rings is 4. The molecule has 0 saturated carbocycles. The van der Waals surface area contributed by atoms with Gasteiger partial charge in [-0.15, -0.1) is 0 Å². The van der Waals surface area contributed by atoms with Crippen LogP contribution in [0.25, 0.3) is 11.4 Å². The number of aryl methyl sites for hydroxylation is 2. The summed E-state index contributed by atoms with van der Waals surface area (Å²) in [6.45, 7) is 23.0. The Labute approximate surface area is 272 Å². The lowest BCUT2D eigenvalue weighted by molar-refractivity contribution is -0.606. The Hall–Kier alpha value is -3.91. The summed E-state index contributed by atoms with van der Waals surface area (Å²) in [4.78, 5) is 0. The zero-order valence-electron chi connectivity index (χ0n) is 29.2. The van der Waals surface area contributed by atoms with Gasteiger partial charge in [0.1, 0.15) is 23.8 Å². The highest BCUT2D eigenvalue weighted by Crippen LogP contribution is 2.37. The minimum absolute atomic E-state index is 0.128. The fourth-order valence-electron chi connectivity index (χ4n) is 6.81. The van der Waals surface area contributed by atoms with Gasteiger partial charge in [-0.3, -0.25) is 0 Å². The number of nitrogens with zero attached hydrogens (tertiary/aromatic N) is 2. The molecule has 234 valence electrons. The van der Waals surface area contributed by atoms with Crippen molar-refractivity contribution >= 4 is 0 Å². The molecule has 0 N–H and O–H groups in total. The molecule has 4 aromatic carbocycles. The van der Waals surface area contributed by atoms with E-state index in [0.717, 1.165) is 6.42 Å². The molecule has 45 heavy (non-hydrogen) atoms. The second-order valence-electron chi connectivity index (χ2n) is 14.2. The molecule has 2 nitrogen and oxygen atoms in total. The van der Waals surface area contributed by atoms with Crippen molar-refractivity contribution in [3.05, 3.63) is 148 Å². The SMILES string of the molecule is Cc1ccc(CC(c2ccc(C)cc2)c2n(-c3c(C(C)C)cccc3C(C)C)cc[n+]2-c2c(C(C)C)cccc2C(C)C)cc1. The van der Waals surface area contributed by atoms with Gasteiger partial charge in [-0.05, 0) is 55.1 Å². The maximum Gasteiger partial charge on any atom is 0.274 e. The van der Waals surface area contributed by atoms with Crippen LogP contribution in [0.2, 0.25) is 0 Å². The summed E-state index contributed by atoms with van der Waals surface area (Å²) in [5, 5.41) is 0. The van der Waals surface area contributed by atoms with E-state index < -0.39 is 0 Å². The normalized spacial score (nSPS) is 12.6. The van der Waals surface area contributed by atoms with E-state index in [1.807, 2.05) is 0 Å². The van der Waals surface area contributed by atoms with Crippen molar-refractivity contribution in [2.75, 3.05) is 0 Å². The molecular weight excluding hydrogens is 544 g/mol. The quantitative estimate of drug-likeness (QED) is 0.142. The molecular formula is C43H53N2+. The summed E-state index contributed by atoms with van der Waals surface area (Å²) in [6, 6.07) is 32.2. The highest BCUT2D eigenvalue weighted by atomic mass is 15.2. The number of rotatable bonds is 10. The molecule has 0 aliphatic heterocycles. The largest absolute Gasteiger partial charge is 0.274 e. The number of imidazole rings is 1. The van der Waals surface area contributed by atoms with Gasteiger partial charge in [0.15, 0.2) is 0 Å². The number of hydrogen-bond acceptors (Lipinski definition) is 0. The van der Waals surface area contributed by atoms with Gasteiger partial charge < -0.3 is 0 Å². The average Bonchev–Trinajstić information content (AvgIpc) is 3.44. The third-order valence-electron chi connectivity index (χ3n) is 9.38. The Balaban J connectivity index is 1.93. The van der Waals surface area contributed by atoms with Gasteiger partial charge in [0.25, 0.3) is 5.82 Å². The number of hydrogen-bond donors (Lipinski definition) is 0. The van der Waals surface area contributed by atoms with Crippen LogP contribution in [0, 0.1) is 13.8 Å². The standard InChI is InChI=1S/C43H53N2/c1-28(2)36-13-11-14-37(29(3)4)41(36)44-25-26-45(42-38(30(5)6)15-12-16-39(42)31(7)8)43(44)40(35-23-19-33(10)20-24-35)27-34-21-17-32(9)18-22-34/h11-26,28-31,40H,27H2,1-10H3/q+1. The Morgan fingerprint density at radius 2 is 1.00 bits per heavy atom. The van der Waals surface area contributed by atoms with Gasteiger partial charge >= 0.3 is 0 Å². The summed E-state index contributed by atoms with van der Waals surface area (Å²) < 4.78 is 5.12. The predicted molar refractivity (Wildman–Crippen MR) is 192 cm³/mol. The van der Waals surface area contributed by atoms with Crippen LogP contribution < -0.4 is 4.57 Å². The van der Waals surface area contributed by atoms with Crippen molar-refractivity contribution in [2.45, 2.75) is 105 Å². The summed E-state index contributed by atoms with van der Waals surface area (Å²) in [6.07, 6.45) is 5.61. The Bertz CT molecular complexity index is 1600. The molecule has 0 fully saturated rings. The summed E-state index contributed by atoms with van der Waals surface area (Å²) in [5.41, 5.74) is 13.5. The highest BCUT2D eigenvalue weighted by Gasteiger charge is 2.35. The van der Waals surface area contributed by atoms with E-state index in [2.05, 4.69) is 176 Å². The Morgan fingerprint density at radius 3 is 1.47 bits per heavy atom. The lowest BCUT2D eigenvalue weighted by atomic mass is 9.88. The molecule has 0 aliphatic rings. The first-order valence-electron chi connectivity index (χ1n) is 17.0. The minimum Gasteiger partial charge on any atom is -0.198 e. The van der Waals surface area contributed by atoms with Crippen LogP contribution in [0.3, 0.4) is 0 Å². The number of aromatic nitrogens is 2. The van der Waals surface area contributed by atoms with E-state index in [1.54, 1.807) is 0 Å². The lowest BCUT2D eigenvalue weighted by Crippen LogP contribution is -2.39. The molecule has 1 aromatic heterocycles. The van der Waals surface area contributed by atoms with Crippen LogP contribution >= 0.6 is 0 Å². The molecule has 0 bridgehead atoms. The predicted octanol–water partition coefficient (Wildman–Crippen LogP) is 11.2. The molecule has 5 aromatic rings. The Morgan fingerprint density at radius 1 is 0.556 bits per heavy atom. The minimum atomic E-state index is 0.128. The number of para-hydroxylation sites is 2. The van der Waals surface area contributed by atoms with Crippen LogP contribution in [0.5, 0.6) is 0 Å². The molecule has 0 amide bonds. The van der Waals surface area contributed by atoms with Crippen molar-refractivity contribution in [3.8, 4) is 11.4 Å². The molecule has 0 spiro atoms. The van der Waals surface area contributed by atoms with Crippen molar-refractivity contribution in [1.29, 1.82) is 0 Å². The summed E-state index contributed by atoms with van der Waals surface area (Å²) in [7, 11) is 0. The second-order valence-corrected chi connectivity index (χ2v) is 14.2. The van der Waals surface area contributed by atoms with E-state index in [4.69, 9.17) is 0 Å². The second kappa shape index (κ2) is 13.6. The van der Waals surface area contributed by atoms with Gasteiger partial charge in [0, 0.05) is 22.3 Å². The first kappa shape index (κ1) is 32.5. The fourth-order valence-corrected chi connectivity index (χ4v) is 6.81. The monoisotopic (exact) mass is 597 g/mol. The van der Waals surface area contributed by atoms with E-state index in [-0.39, 0.29) is 5.92 Å². The molecule has 0 aliphatic carbocycles. The van der Waals surface area contributed by atoms with Crippen molar-refractivity contribution in [2.24, 2.45) is 0 Å². The molecule has 1 atom stereocenters. The molecule has 1 unspecified atom stereocenters. The van der Waals surface area contributed by atoms with E-state index in [0.29, 0.717) is 23.7 Å². The van der Waals surface area contributed by atoms with Crippen molar-refractivity contribution in [3.63, 3.8) is 0 Å². The van der Waals surface area contributed by atoms with Gasteiger partial charge in [-0.2, -0.15) is 9.13 Å². The Kier molecular flexibility index (Phi) is 9.82. The highest BCUT2D eigenvalue weighted by molar-refractivity contribution is 5.53. The third-order valence-corrected chi connectivity index (χ3v) is 9.38. The lowest BCUT2D eigenvalue weighted by Gasteiger charge is -2.23. The van der Waals surface area contributed by atoms with Gasteiger partial charge in [-0.1, -0.05) is 151 Å². The third kappa shape index (κ3) is 6.71. The molecule has 1 heterocycles. The topological polar surface area (TPSA) is 8.81 Å². The van der Waals surface area contributed by atoms with E-state index in [1.165, 1.54) is 61.7 Å². The molecule has 5 rings (SSSR count). The van der Waals surface area contributed by atoms with Crippen LogP contribution in [0.1, 0.15) is 135 Å². The maximum atomic E-state index is 2.56. The summed E-state index contributed by atoms with van der Waals surface area (Å²) >= 11 is 0. The summed E-state index contributed by atoms with van der Waals surface area (Å²) in [5.74, 6) is 3.02. The van der Waals surface area contributed by atoms with E-state index >= 15 is 0 Å². The van der Waals surface area contributed by atoms with Crippen molar-refractivity contribution < 1.29 is 4.57 Å². The molecule has 0 saturated heterocycles. The zero-order valence-corrected chi connectivity index (χ0v) is 29.2. The van der Waals surface area contributed by atoms with Crippen LogP contribution in [0.4, 0.5) is 0 Å². The zero-order chi connectivity index (χ0) is 32.4. The van der Waals surface area contributed by atoms with Gasteiger partial charge in [-0.25, -0.2) is 0 Å².